The largest absolute Gasteiger partial charge is 0.496 e. The zero-order valence-corrected chi connectivity index (χ0v) is 20.9. The summed E-state index contributed by atoms with van der Waals surface area (Å²) >= 11 is 0. The number of ether oxygens (including phenoxy) is 3. The number of carbonyl (C=O) groups is 1. The van der Waals surface area contributed by atoms with Gasteiger partial charge in [-0.2, -0.15) is 0 Å². The highest BCUT2D eigenvalue weighted by atomic mass is 16.5. The second kappa shape index (κ2) is 10.4. The van der Waals surface area contributed by atoms with Crippen molar-refractivity contribution in [1.29, 1.82) is 0 Å². The molecule has 0 spiro atoms. The van der Waals surface area contributed by atoms with Crippen LogP contribution in [0, 0.1) is 0 Å². The van der Waals surface area contributed by atoms with Crippen LogP contribution in [0.5, 0.6) is 11.5 Å². The summed E-state index contributed by atoms with van der Waals surface area (Å²) in [4.78, 5) is 12.1. The van der Waals surface area contributed by atoms with Crippen molar-refractivity contribution in [2.24, 2.45) is 0 Å². The smallest absolute Gasteiger partial charge is 0.337 e. The average Bonchev–Trinajstić information content (AvgIpc) is 2.94. The lowest BCUT2D eigenvalue weighted by molar-refractivity contribution is 0.0600. The van der Waals surface area contributed by atoms with Crippen LogP contribution in [0.15, 0.2) is 84.9 Å². The number of esters is 1. The van der Waals surface area contributed by atoms with Gasteiger partial charge in [-0.1, -0.05) is 66.7 Å². The fourth-order valence-electron chi connectivity index (χ4n) is 5.20. The summed E-state index contributed by atoms with van der Waals surface area (Å²) in [5, 5.41) is 6.22. The van der Waals surface area contributed by atoms with Gasteiger partial charge < -0.3 is 19.5 Å². The monoisotopic (exact) mass is 481 g/mol. The number of hydrogen-bond donors (Lipinski definition) is 1. The first-order valence-electron chi connectivity index (χ1n) is 12.3. The predicted octanol–water partition coefficient (Wildman–Crippen LogP) is 6.27. The van der Waals surface area contributed by atoms with E-state index in [1.165, 1.54) is 23.4 Å². The highest BCUT2D eigenvalue weighted by Crippen LogP contribution is 2.43. The summed E-state index contributed by atoms with van der Waals surface area (Å²) < 4.78 is 17.0. The standard InChI is InChI=1S/C31H31NO4/c1-20(24-13-8-10-21-9-4-5-11-25(21)24)32-19-23-18-28(26-12-6-7-14-29(26)36-23)27-16-15-22(31(33)35-3)17-30(27)34-2/h4-17,20,23,28,32H,18-19H2,1-3H3/t20?,23-,28-/m1/s1. The number of benzene rings is 4. The SMILES string of the molecule is COC(=O)c1ccc([C@@H]2C[C@H](CNC(C)c3cccc4ccccc34)Oc3ccccc32)c(OC)c1. The van der Waals surface area contributed by atoms with E-state index in [4.69, 9.17) is 14.2 Å². The first kappa shape index (κ1) is 23.9. The minimum atomic E-state index is -0.378. The van der Waals surface area contributed by atoms with Crippen molar-refractivity contribution in [1.82, 2.24) is 5.32 Å². The van der Waals surface area contributed by atoms with Crippen molar-refractivity contribution in [3.63, 3.8) is 0 Å². The third kappa shape index (κ3) is 4.67. The van der Waals surface area contributed by atoms with Gasteiger partial charge in [-0.3, -0.25) is 0 Å². The van der Waals surface area contributed by atoms with Crippen molar-refractivity contribution >= 4 is 16.7 Å². The van der Waals surface area contributed by atoms with Gasteiger partial charge in [0, 0.05) is 29.6 Å². The molecule has 1 heterocycles. The molecule has 4 aromatic carbocycles. The molecule has 36 heavy (non-hydrogen) atoms. The summed E-state index contributed by atoms with van der Waals surface area (Å²) in [7, 11) is 3.02. The number of para-hydroxylation sites is 1. The number of hydrogen-bond acceptors (Lipinski definition) is 5. The van der Waals surface area contributed by atoms with Crippen LogP contribution in [0.2, 0.25) is 0 Å². The normalized spacial score (nSPS) is 17.6. The van der Waals surface area contributed by atoms with Crippen LogP contribution in [-0.4, -0.2) is 32.8 Å². The van der Waals surface area contributed by atoms with Crippen LogP contribution >= 0.6 is 0 Å². The molecule has 0 saturated heterocycles. The van der Waals surface area contributed by atoms with Crippen molar-refractivity contribution in [3.8, 4) is 11.5 Å². The number of methoxy groups -OCH3 is 2. The van der Waals surface area contributed by atoms with Crippen LogP contribution in [-0.2, 0) is 4.74 Å². The Morgan fingerprint density at radius 1 is 0.972 bits per heavy atom. The molecule has 0 fully saturated rings. The molecule has 1 aliphatic heterocycles. The lowest BCUT2D eigenvalue weighted by Crippen LogP contribution is -2.37. The molecule has 0 aliphatic carbocycles. The van der Waals surface area contributed by atoms with E-state index in [0.717, 1.165) is 23.3 Å². The first-order valence-corrected chi connectivity index (χ1v) is 12.3. The third-order valence-electron chi connectivity index (χ3n) is 7.06. The maximum absolute atomic E-state index is 12.1. The second-order valence-electron chi connectivity index (χ2n) is 9.21. The van der Waals surface area contributed by atoms with Gasteiger partial charge in [-0.05, 0) is 47.9 Å². The van der Waals surface area contributed by atoms with Gasteiger partial charge in [0.2, 0.25) is 0 Å². The van der Waals surface area contributed by atoms with E-state index in [2.05, 4.69) is 60.8 Å². The summed E-state index contributed by atoms with van der Waals surface area (Å²) in [6.07, 6.45) is 0.771. The molecule has 5 nitrogen and oxygen atoms in total. The molecule has 4 aromatic rings. The van der Waals surface area contributed by atoms with E-state index in [1.807, 2.05) is 24.3 Å². The maximum Gasteiger partial charge on any atom is 0.337 e. The van der Waals surface area contributed by atoms with E-state index in [9.17, 15) is 4.79 Å². The van der Waals surface area contributed by atoms with Crippen LogP contribution in [0.4, 0.5) is 0 Å². The van der Waals surface area contributed by atoms with Crippen LogP contribution in [0.1, 0.15) is 52.4 Å². The Labute approximate surface area is 212 Å². The molecule has 3 atom stereocenters. The van der Waals surface area contributed by atoms with Crippen LogP contribution in [0.25, 0.3) is 10.8 Å². The minimum absolute atomic E-state index is 0.0210. The van der Waals surface area contributed by atoms with Crippen molar-refractivity contribution in [2.45, 2.75) is 31.4 Å². The van der Waals surface area contributed by atoms with Gasteiger partial charge in [0.1, 0.15) is 17.6 Å². The highest BCUT2D eigenvalue weighted by Gasteiger charge is 2.31. The quantitative estimate of drug-likeness (QED) is 0.315. The Kier molecular flexibility index (Phi) is 6.92. The molecule has 1 N–H and O–H groups in total. The van der Waals surface area contributed by atoms with E-state index < -0.39 is 0 Å². The Morgan fingerprint density at radius 3 is 2.58 bits per heavy atom. The highest BCUT2D eigenvalue weighted by molar-refractivity contribution is 5.90. The van der Waals surface area contributed by atoms with Gasteiger partial charge in [-0.25, -0.2) is 4.79 Å². The topological polar surface area (TPSA) is 56.8 Å². The summed E-state index contributed by atoms with van der Waals surface area (Å²) in [5.41, 5.74) is 3.91. The molecule has 0 bridgehead atoms. The van der Waals surface area contributed by atoms with E-state index >= 15 is 0 Å². The molecular weight excluding hydrogens is 450 g/mol. The van der Waals surface area contributed by atoms with E-state index in [1.54, 1.807) is 19.2 Å². The summed E-state index contributed by atoms with van der Waals surface area (Å²) in [6, 6.07) is 28.8. The molecule has 0 amide bonds. The zero-order chi connectivity index (χ0) is 25.1. The molecule has 5 rings (SSSR count). The summed E-state index contributed by atoms with van der Waals surface area (Å²) in [5.74, 6) is 1.26. The molecule has 5 heteroatoms. The van der Waals surface area contributed by atoms with Crippen molar-refractivity contribution in [2.75, 3.05) is 20.8 Å². The van der Waals surface area contributed by atoms with Crippen LogP contribution < -0.4 is 14.8 Å². The second-order valence-corrected chi connectivity index (χ2v) is 9.21. The van der Waals surface area contributed by atoms with Gasteiger partial charge in [-0.15, -0.1) is 0 Å². The fourth-order valence-corrected chi connectivity index (χ4v) is 5.20. The molecule has 0 radical (unpaired) electrons. The van der Waals surface area contributed by atoms with Gasteiger partial charge in [0.05, 0.1) is 19.8 Å². The van der Waals surface area contributed by atoms with Gasteiger partial charge >= 0.3 is 5.97 Å². The number of fused-ring (bicyclic) bond motifs is 2. The van der Waals surface area contributed by atoms with Gasteiger partial charge in [0.15, 0.2) is 0 Å². The average molecular weight is 482 g/mol. The molecular formula is C31H31NO4. The summed E-state index contributed by atoms with van der Waals surface area (Å²) in [6.45, 7) is 2.91. The van der Waals surface area contributed by atoms with Crippen molar-refractivity contribution < 1.29 is 19.0 Å². The molecule has 184 valence electrons. The lowest BCUT2D eigenvalue weighted by Gasteiger charge is -2.34. The molecule has 1 aliphatic rings. The lowest BCUT2D eigenvalue weighted by atomic mass is 9.83. The Hall–Kier alpha value is -3.83. The first-order chi connectivity index (χ1) is 17.6. The van der Waals surface area contributed by atoms with Gasteiger partial charge in [0.25, 0.3) is 0 Å². The molecule has 0 aromatic heterocycles. The predicted molar refractivity (Wildman–Crippen MR) is 142 cm³/mol. The van der Waals surface area contributed by atoms with E-state index in [0.29, 0.717) is 17.9 Å². The zero-order valence-electron chi connectivity index (χ0n) is 20.9. The number of carbonyl (C=O) groups excluding carboxylic acids is 1. The number of nitrogens with one attached hydrogen (secondary N) is 1. The van der Waals surface area contributed by atoms with Crippen molar-refractivity contribution in [3.05, 3.63) is 107 Å². The van der Waals surface area contributed by atoms with E-state index in [-0.39, 0.29) is 24.0 Å². The minimum Gasteiger partial charge on any atom is -0.496 e. The number of rotatable bonds is 7. The van der Waals surface area contributed by atoms with Crippen LogP contribution in [0.3, 0.4) is 0 Å². The Bertz CT molecular complexity index is 1380. The molecule has 1 unspecified atom stereocenters. The maximum atomic E-state index is 12.1. The Balaban J connectivity index is 1.39. The third-order valence-corrected chi connectivity index (χ3v) is 7.06. The molecule has 0 saturated carbocycles. The Morgan fingerprint density at radius 2 is 1.75 bits per heavy atom. The fraction of sp³-hybridized carbons (Fsp3) is 0.258.